The monoisotopic (exact) mass is 199 g/mol. The third-order valence-electron chi connectivity index (χ3n) is 2.76. The highest BCUT2D eigenvalue weighted by Gasteiger charge is 2.27. The summed E-state index contributed by atoms with van der Waals surface area (Å²) in [6.07, 6.45) is 2.78. The maximum absolute atomic E-state index is 11.2. The Bertz CT molecular complexity index is 191. The highest BCUT2D eigenvalue weighted by Crippen LogP contribution is 2.27. The topological polar surface area (TPSA) is 38.3 Å². The van der Waals surface area contributed by atoms with Crippen molar-refractivity contribution in [3.8, 4) is 0 Å². The summed E-state index contributed by atoms with van der Waals surface area (Å²) < 4.78 is 4.92. The van der Waals surface area contributed by atoms with Crippen molar-refractivity contribution in [2.45, 2.75) is 46.1 Å². The van der Waals surface area contributed by atoms with Crippen LogP contribution in [0.5, 0.6) is 0 Å². The van der Waals surface area contributed by atoms with E-state index in [1.165, 1.54) is 6.42 Å². The first-order valence-corrected chi connectivity index (χ1v) is 5.42. The van der Waals surface area contributed by atoms with Crippen molar-refractivity contribution in [3.63, 3.8) is 0 Å². The van der Waals surface area contributed by atoms with E-state index in [1.807, 2.05) is 6.92 Å². The second kappa shape index (κ2) is 4.78. The van der Waals surface area contributed by atoms with E-state index >= 15 is 0 Å². The molecule has 3 nitrogen and oxygen atoms in total. The van der Waals surface area contributed by atoms with Crippen LogP contribution in [0.25, 0.3) is 0 Å². The minimum Gasteiger partial charge on any atom is -0.466 e. The van der Waals surface area contributed by atoms with Gasteiger partial charge in [-0.15, -0.1) is 0 Å². The first-order chi connectivity index (χ1) is 6.53. The van der Waals surface area contributed by atoms with Crippen LogP contribution in [0, 0.1) is 5.41 Å². The van der Waals surface area contributed by atoms with Crippen LogP contribution in [0.4, 0.5) is 0 Å². The van der Waals surface area contributed by atoms with Crippen LogP contribution in [0.1, 0.15) is 40.0 Å². The molecule has 1 heterocycles. The maximum atomic E-state index is 11.2. The van der Waals surface area contributed by atoms with E-state index in [0.717, 1.165) is 13.0 Å². The third kappa shape index (κ3) is 3.66. The largest absolute Gasteiger partial charge is 0.466 e. The quantitative estimate of drug-likeness (QED) is 0.703. The first kappa shape index (κ1) is 11.5. The van der Waals surface area contributed by atoms with Crippen LogP contribution in [0.2, 0.25) is 0 Å². The molecular weight excluding hydrogens is 178 g/mol. The van der Waals surface area contributed by atoms with Gasteiger partial charge in [0.15, 0.2) is 0 Å². The lowest BCUT2D eigenvalue weighted by Gasteiger charge is -2.35. The van der Waals surface area contributed by atoms with Crippen LogP contribution in [0.3, 0.4) is 0 Å². The Hall–Kier alpha value is -0.570. The summed E-state index contributed by atoms with van der Waals surface area (Å²) in [5, 5.41) is 3.40. The summed E-state index contributed by atoms with van der Waals surface area (Å²) in [6, 6.07) is 0.321. The predicted octanol–water partition coefficient (Wildman–Crippen LogP) is 1.72. The smallest absolute Gasteiger partial charge is 0.307 e. The molecule has 0 aliphatic carbocycles. The number of esters is 1. The lowest BCUT2D eigenvalue weighted by atomic mass is 9.82. The van der Waals surface area contributed by atoms with Crippen LogP contribution >= 0.6 is 0 Å². The molecule has 3 heteroatoms. The second-order valence-electron chi connectivity index (χ2n) is 4.79. The summed E-state index contributed by atoms with van der Waals surface area (Å²) in [5.74, 6) is -0.0790. The number of rotatable bonds is 3. The molecule has 1 saturated heterocycles. The van der Waals surface area contributed by atoms with Gasteiger partial charge < -0.3 is 10.1 Å². The normalized spacial score (nSPS) is 25.8. The van der Waals surface area contributed by atoms with Crippen molar-refractivity contribution in [1.29, 1.82) is 0 Å². The van der Waals surface area contributed by atoms with Gasteiger partial charge in [-0.25, -0.2) is 0 Å². The molecule has 0 aromatic carbocycles. The highest BCUT2D eigenvalue weighted by atomic mass is 16.5. The molecule has 0 radical (unpaired) electrons. The molecule has 0 spiro atoms. The summed E-state index contributed by atoms with van der Waals surface area (Å²) in [7, 11) is 0. The zero-order chi connectivity index (χ0) is 10.6. The van der Waals surface area contributed by atoms with E-state index in [-0.39, 0.29) is 5.97 Å². The Morgan fingerprint density at radius 2 is 2.29 bits per heavy atom. The van der Waals surface area contributed by atoms with E-state index in [4.69, 9.17) is 4.74 Å². The second-order valence-corrected chi connectivity index (χ2v) is 4.79. The molecule has 1 atom stereocenters. The van der Waals surface area contributed by atoms with Crippen LogP contribution in [0.15, 0.2) is 0 Å². The van der Waals surface area contributed by atoms with E-state index in [9.17, 15) is 4.79 Å². The fraction of sp³-hybridized carbons (Fsp3) is 0.909. The predicted molar refractivity (Wildman–Crippen MR) is 56.1 cm³/mol. The number of hydrogen-bond acceptors (Lipinski definition) is 3. The van der Waals surface area contributed by atoms with Gasteiger partial charge in [0.2, 0.25) is 0 Å². The van der Waals surface area contributed by atoms with Gasteiger partial charge in [0.1, 0.15) is 0 Å². The van der Waals surface area contributed by atoms with Gasteiger partial charge in [0, 0.05) is 12.6 Å². The fourth-order valence-corrected chi connectivity index (χ4v) is 1.77. The van der Waals surface area contributed by atoms with E-state index < -0.39 is 0 Å². The van der Waals surface area contributed by atoms with Crippen molar-refractivity contribution in [3.05, 3.63) is 0 Å². The van der Waals surface area contributed by atoms with Crippen molar-refractivity contribution < 1.29 is 9.53 Å². The molecule has 0 amide bonds. The summed E-state index contributed by atoms with van der Waals surface area (Å²) in [5.41, 5.74) is 0.380. The number of nitrogens with one attached hydrogen (secondary N) is 1. The SMILES string of the molecule is CCOC(=O)CC1CCC(C)(C)CN1. The molecular formula is C11H21NO2. The van der Waals surface area contributed by atoms with Crippen LogP contribution in [-0.2, 0) is 9.53 Å². The summed E-state index contributed by atoms with van der Waals surface area (Å²) in [6.45, 7) is 7.82. The van der Waals surface area contributed by atoms with Gasteiger partial charge >= 0.3 is 5.97 Å². The molecule has 0 saturated carbocycles. The van der Waals surface area contributed by atoms with Gasteiger partial charge in [-0.2, -0.15) is 0 Å². The Labute approximate surface area is 86.2 Å². The third-order valence-corrected chi connectivity index (χ3v) is 2.76. The maximum Gasteiger partial charge on any atom is 0.307 e. The van der Waals surface area contributed by atoms with Crippen molar-refractivity contribution in [2.24, 2.45) is 5.41 Å². The minimum atomic E-state index is -0.0790. The Morgan fingerprint density at radius 1 is 1.57 bits per heavy atom. The van der Waals surface area contributed by atoms with Crippen molar-refractivity contribution >= 4 is 5.97 Å². The number of hydrogen-bond donors (Lipinski definition) is 1. The zero-order valence-corrected chi connectivity index (χ0v) is 9.43. The highest BCUT2D eigenvalue weighted by molar-refractivity contribution is 5.70. The van der Waals surface area contributed by atoms with Crippen molar-refractivity contribution in [2.75, 3.05) is 13.2 Å². The molecule has 14 heavy (non-hydrogen) atoms. The summed E-state index contributed by atoms with van der Waals surface area (Å²) >= 11 is 0. The number of carbonyl (C=O) groups is 1. The Kier molecular flexibility index (Phi) is 3.93. The Morgan fingerprint density at radius 3 is 2.79 bits per heavy atom. The van der Waals surface area contributed by atoms with Gasteiger partial charge in [-0.05, 0) is 25.2 Å². The number of carbonyl (C=O) groups excluding carboxylic acids is 1. The molecule has 0 aromatic heterocycles. The van der Waals surface area contributed by atoms with Gasteiger partial charge in [0.25, 0.3) is 0 Å². The molecule has 1 aliphatic heterocycles. The fourth-order valence-electron chi connectivity index (χ4n) is 1.77. The van der Waals surface area contributed by atoms with E-state index in [1.54, 1.807) is 0 Å². The Balaban J connectivity index is 2.25. The first-order valence-electron chi connectivity index (χ1n) is 5.42. The standard InChI is InChI=1S/C11H21NO2/c1-4-14-10(13)7-9-5-6-11(2,3)8-12-9/h9,12H,4-8H2,1-3H3. The molecule has 1 fully saturated rings. The molecule has 1 unspecified atom stereocenters. The molecule has 1 aliphatic rings. The summed E-state index contributed by atoms with van der Waals surface area (Å²) in [4.78, 5) is 11.2. The average Bonchev–Trinajstić information content (AvgIpc) is 2.09. The lowest BCUT2D eigenvalue weighted by molar-refractivity contribution is -0.143. The molecule has 0 bridgehead atoms. The van der Waals surface area contributed by atoms with Gasteiger partial charge in [0.05, 0.1) is 13.0 Å². The average molecular weight is 199 g/mol. The zero-order valence-electron chi connectivity index (χ0n) is 9.43. The molecule has 0 aromatic rings. The van der Waals surface area contributed by atoms with Gasteiger partial charge in [-0.3, -0.25) is 4.79 Å². The van der Waals surface area contributed by atoms with E-state index in [0.29, 0.717) is 24.5 Å². The molecule has 82 valence electrons. The van der Waals surface area contributed by atoms with Crippen molar-refractivity contribution in [1.82, 2.24) is 5.32 Å². The number of ether oxygens (including phenoxy) is 1. The molecule has 1 rings (SSSR count). The van der Waals surface area contributed by atoms with Crippen LogP contribution < -0.4 is 5.32 Å². The van der Waals surface area contributed by atoms with Gasteiger partial charge in [-0.1, -0.05) is 13.8 Å². The lowest BCUT2D eigenvalue weighted by Crippen LogP contribution is -2.44. The molecule has 1 N–H and O–H groups in total. The number of piperidine rings is 1. The minimum absolute atomic E-state index is 0.0790. The van der Waals surface area contributed by atoms with Crippen LogP contribution in [-0.4, -0.2) is 25.2 Å². The van der Waals surface area contributed by atoms with E-state index in [2.05, 4.69) is 19.2 Å².